The summed E-state index contributed by atoms with van der Waals surface area (Å²) in [6.45, 7) is 6.00. The van der Waals surface area contributed by atoms with Gasteiger partial charge in [0, 0.05) is 24.1 Å². The highest BCUT2D eigenvalue weighted by molar-refractivity contribution is 5.95. The van der Waals surface area contributed by atoms with Crippen molar-refractivity contribution in [2.24, 2.45) is 5.92 Å². The molecule has 0 aliphatic rings. The van der Waals surface area contributed by atoms with Crippen molar-refractivity contribution in [1.29, 1.82) is 0 Å². The number of amides is 1. The average Bonchev–Trinajstić information content (AvgIpc) is 3.12. The first kappa shape index (κ1) is 23.7. The second kappa shape index (κ2) is 10.9. The molecule has 0 fully saturated rings. The van der Waals surface area contributed by atoms with Crippen molar-refractivity contribution in [3.8, 4) is 11.5 Å². The number of rotatable bonds is 9. The quantitative estimate of drug-likeness (QED) is 0.653. The number of likely N-dealkylation sites (N-methyl/N-ethyl adjacent to an activating group) is 1. The Morgan fingerprint density at radius 3 is 2.25 bits per heavy atom. The van der Waals surface area contributed by atoms with Gasteiger partial charge in [-0.25, -0.2) is 0 Å². The first-order valence-corrected chi connectivity index (χ1v) is 8.91. The molecule has 1 heterocycles. The molecule has 2 rings (SSSR count). The molecule has 0 bridgehead atoms. The number of halogens is 1. The maximum atomic E-state index is 12.8. The molecule has 0 saturated carbocycles. The van der Waals surface area contributed by atoms with Gasteiger partial charge in [-0.05, 0) is 32.0 Å². The Balaban J connectivity index is 0.00000392. The lowest BCUT2D eigenvalue weighted by molar-refractivity contribution is 0.0913. The molecule has 2 unspecified atom stereocenters. The molecule has 0 radical (unpaired) electrons. The number of carbonyl (C=O) groups excluding carboxylic acids is 1. The Morgan fingerprint density at radius 1 is 1.14 bits per heavy atom. The van der Waals surface area contributed by atoms with Gasteiger partial charge in [0.05, 0.1) is 14.2 Å². The van der Waals surface area contributed by atoms with Crippen LogP contribution in [0.3, 0.4) is 0 Å². The number of nitrogens with zero attached hydrogens (tertiary/aromatic N) is 2. The first-order valence-electron chi connectivity index (χ1n) is 8.91. The van der Waals surface area contributed by atoms with Crippen LogP contribution >= 0.6 is 12.4 Å². The van der Waals surface area contributed by atoms with E-state index in [1.54, 1.807) is 32.4 Å². The van der Waals surface area contributed by atoms with Gasteiger partial charge in [-0.3, -0.25) is 4.79 Å². The van der Waals surface area contributed by atoms with E-state index in [2.05, 4.69) is 20.8 Å². The van der Waals surface area contributed by atoms with Crippen LogP contribution in [-0.2, 0) is 6.42 Å². The SMILES string of the molecule is CNC(C)Cc1noc(C(NC(=O)c2cc(OC)cc(OC)c2)C(C)C)n1.Cl. The summed E-state index contributed by atoms with van der Waals surface area (Å²) < 4.78 is 15.9. The highest BCUT2D eigenvalue weighted by Crippen LogP contribution is 2.25. The smallest absolute Gasteiger partial charge is 0.252 e. The number of methoxy groups -OCH3 is 2. The molecule has 0 saturated heterocycles. The van der Waals surface area contributed by atoms with Gasteiger partial charge in [-0.1, -0.05) is 19.0 Å². The van der Waals surface area contributed by atoms with Gasteiger partial charge in [0.1, 0.15) is 17.5 Å². The van der Waals surface area contributed by atoms with E-state index in [0.29, 0.717) is 35.2 Å². The molecule has 0 aliphatic heterocycles. The lowest BCUT2D eigenvalue weighted by atomic mass is 10.0. The highest BCUT2D eigenvalue weighted by atomic mass is 35.5. The van der Waals surface area contributed by atoms with Gasteiger partial charge in [-0.15, -0.1) is 12.4 Å². The van der Waals surface area contributed by atoms with Crippen molar-refractivity contribution in [2.45, 2.75) is 39.3 Å². The molecule has 2 N–H and O–H groups in total. The second-order valence-electron chi connectivity index (χ2n) is 6.74. The number of hydrogen-bond acceptors (Lipinski definition) is 7. The van der Waals surface area contributed by atoms with Crippen LogP contribution in [0.5, 0.6) is 11.5 Å². The maximum absolute atomic E-state index is 12.8. The molecule has 9 heteroatoms. The fourth-order valence-corrected chi connectivity index (χ4v) is 2.53. The van der Waals surface area contributed by atoms with Gasteiger partial charge < -0.3 is 24.6 Å². The molecule has 8 nitrogen and oxygen atoms in total. The molecule has 0 spiro atoms. The van der Waals surface area contributed by atoms with Crippen LogP contribution in [0.25, 0.3) is 0 Å². The third-order valence-corrected chi connectivity index (χ3v) is 4.30. The highest BCUT2D eigenvalue weighted by Gasteiger charge is 2.25. The monoisotopic (exact) mass is 412 g/mol. The summed E-state index contributed by atoms with van der Waals surface area (Å²) >= 11 is 0. The number of carbonyl (C=O) groups is 1. The maximum Gasteiger partial charge on any atom is 0.252 e. The summed E-state index contributed by atoms with van der Waals surface area (Å²) in [5.41, 5.74) is 0.431. The molecular formula is C19H29ClN4O4. The summed E-state index contributed by atoms with van der Waals surface area (Å²) in [4.78, 5) is 17.2. The fraction of sp³-hybridized carbons (Fsp3) is 0.526. The largest absolute Gasteiger partial charge is 0.497 e. The second-order valence-corrected chi connectivity index (χ2v) is 6.74. The van der Waals surface area contributed by atoms with Crippen LogP contribution in [0.15, 0.2) is 22.7 Å². The zero-order chi connectivity index (χ0) is 20.0. The molecule has 1 aromatic heterocycles. The van der Waals surface area contributed by atoms with Crippen molar-refractivity contribution in [3.63, 3.8) is 0 Å². The number of aromatic nitrogens is 2. The standard InChI is InChI=1S/C19H28N4O4.ClH/c1-11(2)17(19-21-16(23-27-19)7-12(3)20-4)22-18(24)13-8-14(25-5)10-15(9-13)26-6;/h8-12,17,20H,7H2,1-6H3,(H,22,24);1H. The fourth-order valence-electron chi connectivity index (χ4n) is 2.53. The van der Waals surface area contributed by atoms with Crippen LogP contribution in [-0.4, -0.2) is 43.4 Å². The van der Waals surface area contributed by atoms with Crippen LogP contribution in [0.1, 0.15) is 48.9 Å². The van der Waals surface area contributed by atoms with E-state index in [0.717, 1.165) is 0 Å². The van der Waals surface area contributed by atoms with E-state index in [4.69, 9.17) is 14.0 Å². The predicted molar refractivity (Wildman–Crippen MR) is 108 cm³/mol. The zero-order valence-electron chi connectivity index (χ0n) is 17.1. The minimum absolute atomic E-state index is 0. The van der Waals surface area contributed by atoms with E-state index in [1.807, 2.05) is 27.8 Å². The van der Waals surface area contributed by atoms with E-state index in [9.17, 15) is 4.79 Å². The molecule has 156 valence electrons. The molecular weight excluding hydrogens is 384 g/mol. The Kier molecular flexibility index (Phi) is 9.21. The number of nitrogens with one attached hydrogen (secondary N) is 2. The van der Waals surface area contributed by atoms with Crippen molar-refractivity contribution in [2.75, 3.05) is 21.3 Å². The molecule has 0 aliphatic carbocycles. The van der Waals surface area contributed by atoms with E-state index in [1.165, 1.54) is 0 Å². The molecule has 2 aromatic rings. The van der Waals surface area contributed by atoms with E-state index in [-0.39, 0.29) is 30.3 Å². The van der Waals surface area contributed by atoms with Gasteiger partial charge in [-0.2, -0.15) is 4.98 Å². The van der Waals surface area contributed by atoms with Gasteiger partial charge in [0.2, 0.25) is 5.89 Å². The van der Waals surface area contributed by atoms with Gasteiger partial charge in [0.15, 0.2) is 5.82 Å². The molecule has 28 heavy (non-hydrogen) atoms. The summed E-state index contributed by atoms with van der Waals surface area (Å²) in [6.07, 6.45) is 0.645. The van der Waals surface area contributed by atoms with Crippen molar-refractivity contribution in [1.82, 2.24) is 20.8 Å². The van der Waals surface area contributed by atoms with Crippen LogP contribution < -0.4 is 20.1 Å². The number of benzene rings is 1. The van der Waals surface area contributed by atoms with Crippen LogP contribution in [0.2, 0.25) is 0 Å². The normalized spacial score (nSPS) is 12.8. The lowest BCUT2D eigenvalue weighted by Crippen LogP contribution is -2.32. The predicted octanol–water partition coefficient (Wildman–Crippen LogP) is 2.79. The Labute approximate surface area is 171 Å². The topological polar surface area (TPSA) is 98.5 Å². The number of ether oxygens (including phenoxy) is 2. The average molecular weight is 413 g/mol. The summed E-state index contributed by atoms with van der Waals surface area (Å²) in [6, 6.07) is 4.85. The third-order valence-electron chi connectivity index (χ3n) is 4.30. The summed E-state index contributed by atoms with van der Waals surface area (Å²) in [7, 11) is 4.96. The Bertz CT molecular complexity index is 744. The van der Waals surface area contributed by atoms with Crippen LogP contribution in [0.4, 0.5) is 0 Å². The van der Waals surface area contributed by atoms with Crippen molar-refractivity contribution >= 4 is 18.3 Å². The Hall–Kier alpha value is -2.32. The first-order chi connectivity index (χ1) is 12.9. The zero-order valence-corrected chi connectivity index (χ0v) is 17.9. The van der Waals surface area contributed by atoms with Crippen molar-refractivity contribution < 1.29 is 18.8 Å². The molecule has 2 atom stereocenters. The van der Waals surface area contributed by atoms with Crippen LogP contribution in [0, 0.1) is 5.92 Å². The van der Waals surface area contributed by atoms with E-state index >= 15 is 0 Å². The molecule has 1 amide bonds. The lowest BCUT2D eigenvalue weighted by Gasteiger charge is -2.19. The minimum atomic E-state index is -0.402. The third kappa shape index (κ3) is 6.10. The Morgan fingerprint density at radius 2 is 1.75 bits per heavy atom. The summed E-state index contributed by atoms with van der Waals surface area (Å²) in [5, 5.41) is 10.1. The van der Waals surface area contributed by atoms with E-state index < -0.39 is 6.04 Å². The van der Waals surface area contributed by atoms with Gasteiger partial charge in [0.25, 0.3) is 5.91 Å². The summed E-state index contributed by atoms with van der Waals surface area (Å²) in [5.74, 6) is 1.88. The number of hydrogen-bond donors (Lipinski definition) is 2. The van der Waals surface area contributed by atoms with Crippen molar-refractivity contribution in [3.05, 3.63) is 35.5 Å². The molecule has 1 aromatic carbocycles. The minimum Gasteiger partial charge on any atom is -0.497 e. The van der Waals surface area contributed by atoms with Gasteiger partial charge >= 0.3 is 0 Å².